The van der Waals surface area contributed by atoms with Crippen molar-refractivity contribution >= 4 is 11.8 Å². The second-order valence-corrected chi connectivity index (χ2v) is 20.6. The van der Waals surface area contributed by atoms with Crippen LogP contribution in [0.15, 0.2) is 48.1 Å². The summed E-state index contributed by atoms with van der Waals surface area (Å²) >= 11 is 0. The molecule has 6 aliphatic rings. The summed E-state index contributed by atoms with van der Waals surface area (Å²) in [4.78, 5) is 27.4. The first-order valence-corrected chi connectivity index (χ1v) is 25.9. The molecular formula is C54H86O9. The summed E-state index contributed by atoms with van der Waals surface area (Å²) in [5.74, 6) is -4.34. The average Bonchev–Trinajstić information content (AvgIpc) is 3.89. The third-order valence-corrected chi connectivity index (χ3v) is 15.9. The van der Waals surface area contributed by atoms with E-state index in [4.69, 9.17) is 23.7 Å². The van der Waals surface area contributed by atoms with Crippen LogP contribution in [-0.4, -0.2) is 75.3 Å². The molecule has 9 heteroatoms. The third kappa shape index (κ3) is 10.5. The zero-order valence-corrected chi connectivity index (χ0v) is 40.1. The van der Waals surface area contributed by atoms with E-state index in [1.165, 1.54) is 128 Å². The van der Waals surface area contributed by atoms with Gasteiger partial charge in [0.25, 0.3) is 0 Å². The van der Waals surface area contributed by atoms with Crippen molar-refractivity contribution in [1.82, 2.24) is 0 Å². The van der Waals surface area contributed by atoms with Crippen LogP contribution in [-0.2, 0) is 33.3 Å². The number of fused-ring (bicyclic) bond motifs is 3. The maximum absolute atomic E-state index is 14.1. The molecule has 2 saturated carbocycles. The summed E-state index contributed by atoms with van der Waals surface area (Å²) in [6, 6.07) is 0. The first kappa shape index (κ1) is 50.3. The smallest absolute Gasteiger partial charge is 0.306 e. The summed E-state index contributed by atoms with van der Waals surface area (Å²) in [6.45, 7) is 14.3. The Kier molecular flexibility index (Phi) is 18.0. The van der Waals surface area contributed by atoms with Gasteiger partial charge in [-0.1, -0.05) is 193 Å². The number of unbranched alkanes of at least 4 members (excludes halogenated alkanes) is 23. The van der Waals surface area contributed by atoms with Crippen LogP contribution < -0.4 is 0 Å². The van der Waals surface area contributed by atoms with E-state index in [-0.39, 0.29) is 24.9 Å². The Morgan fingerprint density at radius 3 is 1.89 bits per heavy atom. The topological polar surface area (TPSA) is 124 Å². The largest absolute Gasteiger partial charge is 0.462 e. The molecule has 6 rings (SSSR count). The van der Waals surface area contributed by atoms with Crippen LogP contribution in [0, 0.1) is 17.8 Å². The molecule has 11 atom stereocenters. The van der Waals surface area contributed by atoms with Gasteiger partial charge >= 0.3 is 11.9 Å². The molecular weight excluding hydrogens is 793 g/mol. The van der Waals surface area contributed by atoms with E-state index in [1.807, 2.05) is 19.1 Å². The zero-order valence-electron chi connectivity index (χ0n) is 40.1. The van der Waals surface area contributed by atoms with Gasteiger partial charge in [-0.05, 0) is 56.6 Å². The van der Waals surface area contributed by atoms with E-state index in [0.29, 0.717) is 12.0 Å². The number of epoxide rings is 1. The van der Waals surface area contributed by atoms with Crippen LogP contribution >= 0.6 is 0 Å². The second-order valence-electron chi connectivity index (χ2n) is 20.6. The molecule has 5 fully saturated rings. The number of ketones is 1. The second kappa shape index (κ2) is 22.6. The van der Waals surface area contributed by atoms with Gasteiger partial charge < -0.3 is 33.9 Å². The monoisotopic (exact) mass is 879 g/mol. The van der Waals surface area contributed by atoms with E-state index in [1.54, 1.807) is 19.1 Å². The lowest BCUT2D eigenvalue weighted by atomic mass is 9.54. The van der Waals surface area contributed by atoms with E-state index < -0.39 is 64.3 Å². The van der Waals surface area contributed by atoms with Gasteiger partial charge in [-0.2, -0.15) is 0 Å². The van der Waals surface area contributed by atoms with Crippen molar-refractivity contribution in [2.45, 2.75) is 255 Å². The van der Waals surface area contributed by atoms with Crippen molar-refractivity contribution in [2.75, 3.05) is 6.61 Å². The number of aliphatic hydroxyl groups excluding tert-OH is 1. The summed E-state index contributed by atoms with van der Waals surface area (Å²) in [7, 11) is 0. The van der Waals surface area contributed by atoms with Crippen LogP contribution in [0.2, 0.25) is 0 Å². The predicted molar refractivity (Wildman–Crippen MR) is 249 cm³/mol. The van der Waals surface area contributed by atoms with Crippen molar-refractivity contribution in [3.63, 3.8) is 0 Å². The summed E-state index contributed by atoms with van der Waals surface area (Å²) in [5.41, 5.74) is -4.85. The van der Waals surface area contributed by atoms with Gasteiger partial charge in [-0.3, -0.25) is 9.59 Å². The molecule has 63 heavy (non-hydrogen) atoms. The Bertz CT molecular complexity index is 1620. The van der Waals surface area contributed by atoms with Crippen molar-refractivity contribution in [2.24, 2.45) is 17.8 Å². The normalized spacial score (nSPS) is 36.1. The molecule has 3 aliphatic carbocycles. The summed E-state index contributed by atoms with van der Waals surface area (Å²) in [5, 5.41) is 25.0. The van der Waals surface area contributed by atoms with Crippen LogP contribution in [0.4, 0.5) is 0 Å². The van der Waals surface area contributed by atoms with E-state index >= 15 is 0 Å². The Balaban J connectivity index is 1.03. The highest BCUT2D eigenvalue weighted by Crippen LogP contribution is 2.72. The van der Waals surface area contributed by atoms with Crippen LogP contribution in [0.1, 0.15) is 208 Å². The molecule has 0 unspecified atom stereocenters. The van der Waals surface area contributed by atoms with Crippen LogP contribution in [0.5, 0.6) is 0 Å². The molecule has 0 spiro atoms. The van der Waals surface area contributed by atoms with Gasteiger partial charge in [0, 0.05) is 24.3 Å². The highest BCUT2D eigenvalue weighted by molar-refractivity contribution is 6.05. The number of carbonyl (C=O) groups is 2. The Hall–Kier alpha value is -2.14. The lowest BCUT2D eigenvalue weighted by Crippen LogP contribution is -2.72. The van der Waals surface area contributed by atoms with Gasteiger partial charge in [0.2, 0.25) is 0 Å². The lowest BCUT2D eigenvalue weighted by Gasteiger charge is -2.59. The minimum atomic E-state index is -2.27. The fourth-order valence-corrected chi connectivity index (χ4v) is 12.2. The number of rotatable bonds is 31. The fourth-order valence-electron chi connectivity index (χ4n) is 12.2. The maximum atomic E-state index is 14.1. The minimum absolute atomic E-state index is 0.260. The Morgan fingerprint density at radius 1 is 0.794 bits per heavy atom. The molecule has 356 valence electrons. The van der Waals surface area contributed by atoms with Crippen LogP contribution in [0.25, 0.3) is 0 Å². The first-order chi connectivity index (χ1) is 30.4. The molecule has 0 aromatic rings. The molecule has 0 amide bonds. The van der Waals surface area contributed by atoms with Crippen LogP contribution in [0.3, 0.4) is 0 Å². The van der Waals surface area contributed by atoms with Crippen molar-refractivity contribution in [1.29, 1.82) is 0 Å². The molecule has 2 N–H and O–H groups in total. The number of ether oxygens (including phenoxy) is 5. The average molecular weight is 879 g/mol. The summed E-state index contributed by atoms with van der Waals surface area (Å²) in [6.07, 6.45) is 38.6. The highest BCUT2D eigenvalue weighted by Gasteiger charge is 2.88. The number of esters is 1. The van der Waals surface area contributed by atoms with Crippen molar-refractivity contribution < 1.29 is 43.5 Å². The molecule has 3 aliphatic heterocycles. The van der Waals surface area contributed by atoms with Crippen molar-refractivity contribution in [3.8, 4) is 0 Å². The molecule has 0 aromatic carbocycles. The van der Waals surface area contributed by atoms with E-state index in [9.17, 15) is 19.8 Å². The van der Waals surface area contributed by atoms with Gasteiger partial charge in [0.15, 0.2) is 17.0 Å². The number of hydrogen-bond acceptors (Lipinski definition) is 9. The van der Waals surface area contributed by atoms with Gasteiger partial charge in [0.1, 0.15) is 30.5 Å². The molecule has 3 heterocycles. The number of Topliss-reactive ketones (excluding diaryl/α,β-unsaturated/α-hetero) is 1. The highest BCUT2D eigenvalue weighted by atomic mass is 16.9. The maximum Gasteiger partial charge on any atom is 0.306 e. The SMILES string of the molecule is C=C(C)[C@]12C[C@@H](C)[C@@]34O[C@](/C=C/C=C/CCCCCCCCC)(O[C@@H]1[C@@H]3[C@@H]1O[C@]1(COC(=O)CCCCCCCCCCCCCCCCCCC)[C@@H](O)[C@]1(O)C(=O)C(C)=C[C@H]14)O2. The third-order valence-electron chi connectivity index (χ3n) is 15.9. The number of hydrogen-bond donors (Lipinski definition) is 2. The Morgan fingerprint density at radius 2 is 1.33 bits per heavy atom. The van der Waals surface area contributed by atoms with E-state index in [0.717, 1.165) is 37.7 Å². The van der Waals surface area contributed by atoms with Gasteiger partial charge in [-0.25, -0.2) is 0 Å². The number of aliphatic hydroxyl groups is 2. The molecule has 0 aromatic heterocycles. The molecule has 3 saturated heterocycles. The minimum Gasteiger partial charge on any atom is -0.462 e. The molecule has 0 radical (unpaired) electrons. The lowest BCUT2D eigenvalue weighted by molar-refractivity contribution is -0.406. The molecule has 9 nitrogen and oxygen atoms in total. The quantitative estimate of drug-likeness (QED) is 0.0230. The van der Waals surface area contributed by atoms with Gasteiger partial charge in [0.05, 0.1) is 5.60 Å². The zero-order chi connectivity index (χ0) is 45.1. The molecule has 3 bridgehead atoms. The standard InChI is InChI=1S/C54H86O9/c1-7-9-11-13-15-17-19-20-21-22-23-24-25-27-29-31-33-35-44(55)59-39-51-48(60-51)45-47-50(40(3)4)38-42(6)54(45,43-37-41(5)46(56)53(43,58)49(51)57)63-52(61-47,62-50)36-34-32-30-28-26-18-16-14-12-10-8-2/h30,32,34,36-37,42-43,45,47-49,57-58H,3,7-29,31,33,35,38-39H2,1-2,4-6H3/b32-30+,36-34+/t42-,43-,45-,47-,48+,49-,50-,51+,52-,53-,54+/m1/s1. The van der Waals surface area contributed by atoms with Crippen molar-refractivity contribution in [3.05, 3.63) is 48.1 Å². The van der Waals surface area contributed by atoms with E-state index in [2.05, 4.69) is 33.4 Å². The predicted octanol–water partition coefficient (Wildman–Crippen LogP) is 12.0. The first-order valence-electron chi connectivity index (χ1n) is 25.9. The fraction of sp³-hybridized carbons (Fsp3) is 0.815. The van der Waals surface area contributed by atoms with Gasteiger partial charge in [-0.15, -0.1) is 0 Å². The Labute approximate surface area is 381 Å². The summed E-state index contributed by atoms with van der Waals surface area (Å²) < 4.78 is 33.4. The number of allylic oxidation sites excluding steroid dienone is 3. The number of carbonyl (C=O) groups excluding carboxylic acids is 2.